The number of carbonyl (C=O) groups is 2. The number of hydrogen-bond acceptors (Lipinski definition) is 4. The lowest BCUT2D eigenvalue weighted by atomic mass is 9.90. The maximum absolute atomic E-state index is 12.3. The Labute approximate surface area is 179 Å². The van der Waals surface area contributed by atoms with Crippen LogP contribution in [0, 0.1) is 5.92 Å². The molecular weight excluding hydrogens is 378 g/mol. The van der Waals surface area contributed by atoms with E-state index in [1.54, 1.807) is 0 Å². The highest BCUT2D eigenvalue weighted by molar-refractivity contribution is 5.88. The van der Waals surface area contributed by atoms with Gasteiger partial charge in [0.15, 0.2) is 0 Å². The second-order valence-electron chi connectivity index (χ2n) is 8.61. The lowest BCUT2D eigenvalue weighted by Gasteiger charge is -2.16. The van der Waals surface area contributed by atoms with Gasteiger partial charge in [-0.3, -0.25) is 9.59 Å². The van der Waals surface area contributed by atoms with Crippen molar-refractivity contribution in [3.63, 3.8) is 0 Å². The van der Waals surface area contributed by atoms with Crippen molar-refractivity contribution in [3.8, 4) is 5.75 Å². The fourth-order valence-electron chi connectivity index (χ4n) is 3.99. The second-order valence-corrected chi connectivity index (χ2v) is 8.61. The molecule has 0 radical (unpaired) electrons. The molecule has 1 fully saturated rings. The largest absolute Gasteiger partial charge is 0.491 e. The van der Waals surface area contributed by atoms with Crippen LogP contribution in [0.1, 0.15) is 70.6 Å². The molecule has 0 heterocycles. The molecule has 0 saturated heterocycles. The number of unbranched alkanes of at least 4 members (excludes halogenated alkanes) is 3. The Morgan fingerprint density at radius 1 is 1.13 bits per heavy atom. The smallest absolute Gasteiger partial charge is 0.220 e. The highest BCUT2D eigenvalue weighted by Crippen LogP contribution is 2.31. The SMILES string of the molecule is O=C(CCCCCC[C@H]1C(=O)CC=C1CC[C@@H](O)COc1ccccc1)NC1CC1. The summed E-state index contributed by atoms with van der Waals surface area (Å²) in [5.41, 5.74) is 1.18. The van der Waals surface area contributed by atoms with Crippen molar-refractivity contribution < 1.29 is 19.4 Å². The number of amides is 1. The van der Waals surface area contributed by atoms with Crippen molar-refractivity contribution in [1.82, 2.24) is 5.32 Å². The predicted octanol–water partition coefficient (Wildman–Crippen LogP) is 4.34. The third kappa shape index (κ3) is 7.94. The Kier molecular flexibility index (Phi) is 8.94. The Morgan fingerprint density at radius 2 is 1.90 bits per heavy atom. The molecule has 1 aromatic carbocycles. The third-order valence-electron chi connectivity index (χ3n) is 5.94. The van der Waals surface area contributed by atoms with E-state index in [1.807, 2.05) is 30.3 Å². The summed E-state index contributed by atoms with van der Waals surface area (Å²) in [6.07, 6.45) is 11.2. The van der Waals surface area contributed by atoms with E-state index in [0.29, 0.717) is 31.1 Å². The van der Waals surface area contributed by atoms with Crippen molar-refractivity contribution in [2.24, 2.45) is 5.92 Å². The molecular formula is C25H35NO4. The van der Waals surface area contributed by atoms with Crippen molar-refractivity contribution in [3.05, 3.63) is 42.0 Å². The Hall–Kier alpha value is -2.14. The van der Waals surface area contributed by atoms with Gasteiger partial charge in [0.1, 0.15) is 18.1 Å². The number of carbonyl (C=O) groups excluding carboxylic acids is 2. The van der Waals surface area contributed by atoms with Crippen LogP contribution in [0.2, 0.25) is 0 Å². The van der Waals surface area contributed by atoms with Gasteiger partial charge in [0.05, 0.1) is 6.10 Å². The molecule has 0 spiro atoms. The molecule has 2 aliphatic carbocycles. The fraction of sp³-hybridized carbons (Fsp3) is 0.600. The molecule has 0 aliphatic heterocycles. The Bertz CT molecular complexity index is 711. The summed E-state index contributed by atoms with van der Waals surface area (Å²) in [5, 5.41) is 13.3. The van der Waals surface area contributed by atoms with E-state index in [-0.39, 0.29) is 18.4 Å². The number of allylic oxidation sites excluding steroid dienone is 2. The molecule has 2 atom stereocenters. The van der Waals surface area contributed by atoms with E-state index in [1.165, 1.54) is 5.57 Å². The van der Waals surface area contributed by atoms with Crippen molar-refractivity contribution in [2.75, 3.05) is 6.61 Å². The van der Waals surface area contributed by atoms with Gasteiger partial charge in [0.25, 0.3) is 0 Å². The summed E-state index contributed by atoms with van der Waals surface area (Å²) in [7, 11) is 0. The van der Waals surface area contributed by atoms with Crippen LogP contribution in [0.5, 0.6) is 5.75 Å². The van der Waals surface area contributed by atoms with Crippen LogP contribution < -0.4 is 10.1 Å². The molecule has 30 heavy (non-hydrogen) atoms. The van der Waals surface area contributed by atoms with Gasteiger partial charge in [-0.2, -0.15) is 0 Å². The zero-order valence-electron chi connectivity index (χ0n) is 17.9. The summed E-state index contributed by atoms with van der Waals surface area (Å²) in [6.45, 7) is 0.268. The first-order valence-electron chi connectivity index (χ1n) is 11.5. The summed E-state index contributed by atoms with van der Waals surface area (Å²) in [4.78, 5) is 23.9. The molecule has 164 valence electrons. The van der Waals surface area contributed by atoms with Crippen molar-refractivity contribution in [2.45, 2.75) is 82.8 Å². The lowest BCUT2D eigenvalue weighted by Crippen LogP contribution is -2.24. The van der Waals surface area contributed by atoms with Crippen LogP contribution in [0.15, 0.2) is 42.0 Å². The quantitative estimate of drug-likeness (QED) is 0.351. The number of ether oxygens (including phenoxy) is 1. The zero-order valence-corrected chi connectivity index (χ0v) is 17.9. The van der Waals surface area contributed by atoms with Crippen LogP contribution in [0.4, 0.5) is 0 Å². The number of aliphatic hydroxyl groups excluding tert-OH is 1. The monoisotopic (exact) mass is 413 g/mol. The van der Waals surface area contributed by atoms with Gasteiger partial charge in [0.2, 0.25) is 5.91 Å². The van der Waals surface area contributed by atoms with Crippen LogP contribution in [0.25, 0.3) is 0 Å². The molecule has 2 aliphatic rings. The van der Waals surface area contributed by atoms with E-state index >= 15 is 0 Å². The molecule has 1 saturated carbocycles. The first kappa shape index (κ1) is 22.5. The number of hydrogen-bond donors (Lipinski definition) is 2. The average molecular weight is 414 g/mol. The summed E-state index contributed by atoms with van der Waals surface area (Å²) in [6, 6.07) is 9.94. The third-order valence-corrected chi connectivity index (χ3v) is 5.94. The lowest BCUT2D eigenvalue weighted by molar-refractivity contribution is -0.121. The molecule has 0 unspecified atom stereocenters. The Morgan fingerprint density at radius 3 is 2.67 bits per heavy atom. The number of ketones is 1. The minimum absolute atomic E-state index is 0.0189. The van der Waals surface area contributed by atoms with E-state index < -0.39 is 6.10 Å². The molecule has 3 rings (SSSR count). The number of aliphatic hydroxyl groups is 1. The summed E-state index contributed by atoms with van der Waals surface area (Å²) in [5.74, 6) is 1.27. The Balaban J connectivity index is 1.27. The van der Waals surface area contributed by atoms with Gasteiger partial charge >= 0.3 is 0 Å². The number of benzene rings is 1. The highest BCUT2D eigenvalue weighted by atomic mass is 16.5. The van der Waals surface area contributed by atoms with E-state index in [9.17, 15) is 14.7 Å². The summed E-state index contributed by atoms with van der Waals surface area (Å²) < 4.78 is 5.61. The van der Waals surface area contributed by atoms with Crippen LogP contribution >= 0.6 is 0 Å². The van der Waals surface area contributed by atoms with E-state index in [2.05, 4.69) is 11.4 Å². The van der Waals surface area contributed by atoms with Crippen LogP contribution in [0.3, 0.4) is 0 Å². The van der Waals surface area contributed by atoms with E-state index in [0.717, 1.165) is 57.1 Å². The van der Waals surface area contributed by atoms with Gasteiger partial charge in [-0.05, 0) is 50.7 Å². The molecule has 2 N–H and O–H groups in total. The van der Waals surface area contributed by atoms with Gasteiger partial charge in [-0.1, -0.05) is 49.1 Å². The molecule has 0 aromatic heterocycles. The molecule has 1 aromatic rings. The average Bonchev–Trinajstić information content (AvgIpc) is 3.50. The maximum atomic E-state index is 12.3. The normalized spacial score (nSPS) is 19.4. The summed E-state index contributed by atoms with van der Waals surface area (Å²) >= 11 is 0. The van der Waals surface area contributed by atoms with Gasteiger partial charge in [-0.25, -0.2) is 0 Å². The van der Waals surface area contributed by atoms with Gasteiger partial charge in [0, 0.05) is 24.8 Å². The maximum Gasteiger partial charge on any atom is 0.220 e. The predicted molar refractivity (Wildman–Crippen MR) is 117 cm³/mol. The van der Waals surface area contributed by atoms with Crippen LogP contribution in [-0.2, 0) is 9.59 Å². The molecule has 5 heteroatoms. The topological polar surface area (TPSA) is 75.6 Å². The van der Waals surface area contributed by atoms with Gasteiger partial charge in [-0.15, -0.1) is 0 Å². The number of para-hydroxylation sites is 1. The first-order chi connectivity index (χ1) is 14.6. The van der Waals surface area contributed by atoms with Crippen molar-refractivity contribution in [1.29, 1.82) is 0 Å². The minimum Gasteiger partial charge on any atom is -0.491 e. The fourth-order valence-corrected chi connectivity index (χ4v) is 3.99. The van der Waals surface area contributed by atoms with Gasteiger partial charge < -0.3 is 15.2 Å². The second kappa shape index (κ2) is 11.9. The molecule has 0 bridgehead atoms. The standard InChI is InChI=1S/C25H35NO4/c27-21(18-30-22-8-4-3-5-9-22)16-12-19-13-17-24(28)23(19)10-6-1-2-7-11-25(29)26-20-14-15-20/h3-5,8-9,13,20-21,23,27H,1-2,6-7,10-12,14-18H2,(H,26,29)/t21-,23-/m1/s1. The molecule has 1 amide bonds. The minimum atomic E-state index is -0.538. The van der Waals surface area contributed by atoms with Crippen LogP contribution in [-0.4, -0.2) is 35.5 Å². The first-order valence-corrected chi connectivity index (χ1v) is 11.5. The van der Waals surface area contributed by atoms with Crippen molar-refractivity contribution >= 4 is 11.7 Å². The zero-order chi connectivity index (χ0) is 21.2. The number of rotatable bonds is 14. The van der Waals surface area contributed by atoms with E-state index in [4.69, 9.17) is 4.74 Å². The molecule has 5 nitrogen and oxygen atoms in total. The number of Topliss-reactive ketones (excluding diaryl/α,β-unsaturated/α-hetero) is 1. The highest BCUT2D eigenvalue weighted by Gasteiger charge is 2.27. The number of nitrogens with one attached hydrogen (secondary N) is 1.